The molecule has 3 amide bonds. The molecule has 38 heavy (non-hydrogen) atoms. The molecule has 9 heteroatoms. The Morgan fingerprint density at radius 2 is 1.61 bits per heavy atom. The van der Waals surface area contributed by atoms with Crippen molar-refractivity contribution >= 4 is 23.6 Å². The summed E-state index contributed by atoms with van der Waals surface area (Å²) in [7, 11) is 3.20. The van der Waals surface area contributed by atoms with E-state index in [-0.39, 0.29) is 36.5 Å². The van der Waals surface area contributed by atoms with Crippen molar-refractivity contribution in [1.82, 2.24) is 15.5 Å². The molecule has 1 aliphatic carbocycles. The van der Waals surface area contributed by atoms with Gasteiger partial charge in [0.15, 0.2) is 0 Å². The quantitative estimate of drug-likeness (QED) is 0.217. The summed E-state index contributed by atoms with van der Waals surface area (Å²) in [6.45, 7) is 0.270. The summed E-state index contributed by atoms with van der Waals surface area (Å²) in [6.07, 6.45) is 4.89. The third-order valence-electron chi connectivity index (χ3n) is 7.01. The van der Waals surface area contributed by atoms with Crippen molar-refractivity contribution in [3.63, 3.8) is 0 Å². The van der Waals surface area contributed by atoms with Crippen LogP contribution in [0.5, 0.6) is 0 Å². The zero-order chi connectivity index (χ0) is 27.7. The first-order valence-electron chi connectivity index (χ1n) is 12.9. The highest BCUT2D eigenvalue weighted by molar-refractivity contribution is 6.02. The molecule has 2 atom stereocenters. The van der Waals surface area contributed by atoms with Crippen molar-refractivity contribution in [3.8, 4) is 6.07 Å². The highest BCUT2D eigenvalue weighted by atomic mass is 16.2. The second-order valence-corrected chi connectivity index (χ2v) is 10.0. The number of nitrogens with one attached hydrogen (secondary N) is 3. The Hall–Kier alpha value is -4.19. The number of nitrogen functional groups attached to an aromatic ring is 1. The SMILES string of the molecule is CN(C)C(=O)[C@H](Cc1ccc(C(=N)N)cc1)C(=O)N[C@H](C(=O)NCc1ccc(C#N)cc1)C1CCCCC1. The standard InChI is InChI=1S/C29H36N6O3/c1-35(2)29(38)24(16-19-12-14-23(15-13-19)26(31)32)27(36)34-25(22-6-4-3-5-7-22)28(37)33-18-21-10-8-20(17-30)9-11-21/h8-15,22,24-25H,3-7,16,18H2,1-2H3,(H3,31,32)(H,33,37)(H,34,36)/t24-,25+/m1/s1. The van der Waals surface area contributed by atoms with Crippen molar-refractivity contribution in [3.05, 3.63) is 70.8 Å². The maximum Gasteiger partial charge on any atom is 0.243 e. The molecule has 0 saturated heterocycles. The van der Waals surface area contributed by atoms with Crippen molar-refractivity contribution in [2.75, 3.05) is 14.1 Å². The number of amides is 3. The number of nitrogens with zero attached hydrogens (tertiary/aromatic N) is 2. The second kappa shape index (κ2) is 13.4. The summed E-state index contributed by atoms with van der Waals surface area (Å²) in [5.41, 5.74) is 8.24. The van der Waals surface area contributed by atoms with E-state index in [1.54, 1.807) is 62.6 Å². The van der Waals surface area contributed by atoms with E-state index in [0.29, 0.717) is 11.1 Å². The number of hydrogen-bond donors (Lipinski definition) is 4. The molecule has 0 bridgehead atoms. The molecule has 0 unspecified atom stereocenters. The number of rotatable bonds is 10. The van der Waals surface area contributed by atoms with Crippen LogP contribution in [-0.4, -0.2) is 48.6 Å². The molecule has 0 radical (unpaired) electrons. The molecule has 5 N–H and O–H groups in total. The average Bonchev–Trinajstić information content (AvgIpc) is 2.93. The van der Waals surface area contributed by atoms with Gasteiger partial charge in [-0.1, -0.05) is 55.7 Å². The van der Waals surface area contributed by atoms with Gasteiger partial charge in [0.05, 0.1) is 11.6 Å². The minimum Gasteiger partial charge on any atom is -0.384 e. The van der Waals surface area contributed by atoms with Crippen molar-refractivity contribution in [2.24, 2.45) is 17.6 Å². The van der Waals surface area contributed by atoms with Gasteiger partial charge in [0.25, 0.3) is 0 Å². The van der Waals surface area contributed by atoms with E-state index >= 15 is 0 Å². The lowest BCUT2D eigenvalue weighted by atomic mass is 9.83. The summed E-state index contributed by atoms with van der Waals surface area (Å²) in [6, 6.07) is 15.2. The molecule has 3 rings (SSSR count). The highest BCUT2D eigenvalue weighted by Gasteiger charge is 2.35. The van der Waals surface area contributed by atoms with Gasteiger partial charge in [-0.25, -0.2) is 0 Å². The van der Waals surface area contributed by atoms with Gasteiger partial charge in [0, 0.05) is 26.2 Å². The topological polar surface area (TPSA) is 152 Å². The first-order valence-corrected chi connectivity index (χ1v) is 12.9. The van der Waals surface area contributed by atoms with Crippen LogP contribution in [-0.2, 0) is 27.3 Å². The van der Waals surface area contributed by atoms with Crippen molar-refractivity contribution in [1.29, 1.82) is 10.7 Å². The number of benzene rings is 2. The molecule has 0 aromatic heterocycles. The molecular formula is C29H36N6O3. The summed E-state index contributed by atoms with van der Waals surface area (Å²) in [5.74, 6) is -2.19. The Labute approximate surface area is 223 Å². The van der Waals surface area contributed by atoms with Gasteiger partial charge in [-0.05, 0) is 48.4 Å². The lowest BCUT2D eigenvalue weighted by Crippen LogP contribution is -2.54. The smallest absolute Gasteiger partial charge is 0.243 e. The van der Waals surface area contributed by atoms with Gasteiger partial charge in [0.2, 0.25) is 17.7 Å². The van der Waals surface area contributed by atoms with Crippen LogP contribution in [0.15, 0.2) is 48.5 Å². The predicted molar refractivity (Wildman–Crippen MR) is 145 cm³/mol. The number of amidine groups is 1. The van der Waals surface area contributed by atoms with E-state index in [4.69, 9.17) is 16.4 Å². The molecule has 1 aliphatic rings. The summed E-state index contributed by atoms with van der Waals surface area (Å²) in [4.78, 5) is 41.3. The molecule has 0 spiro atoms. The molecule has 1 saturated carbocycles. The Kier molecular flexibility index (Phi) is 9.99. The molecule has 2 aromatic carbocycles. The van der Waals surface area contributed by atoms with Crippen molar-refractivity contribution in [2.45, 2.75) is 51.1 Å². The minimum absolute atomic E-state index is 0.0152. The largest absolute Gasteiger partial charge is 0.384 e. The van der Waals surface area contributed by atoms with Crippen LogP contribution in [0.2, 0.25) is 0 Å². The fourth-order valence-corrected chi connectivity index (χ4v) is 4.78. The maximum atomic E-state index is 13.5. The van der Waals surface area contributed by atoms with Crippen LogP contribution in [0.1, 0.15) is 54.4 Å². The van der Waals surface area contributed by atoms with Gasteiger partial charge >= 0.3 is 0 Å². The Bertz CT molecular complexity index is 1180. The van der Waals surface area contributed by atoms with E-state index < -0.39 is 17.9 Å². The minimum atomic E-state index is -1.01. The maximum absolute atomic E-state index is 13.5. The fourth-order valence-electron chi connectivity index (χ4n) is 4.78. The third-order valence-corrected chi connectivity index (χ3v) is 7.01. The summed E-state index contributed by atoms with van der Waals surface area (Å²) < 4.78 is 0. The van der Waals surface area contributed by atoms with Crippen LogP contribution >= 0.6 is 0 Å². The molecule has 200 valence electrons. The molecule has 0 heterocycles. The number of nitrogens with two attached hydrogens (primary N) is 1. The number of nitriles is 1. The van der Waals surface area contributed by atoms with E-state index in [1.807, 2.05) is 0 Å². The van der Waals surface area contributed by atoms with Crippen LogP contribution in [0.3, 0.4) is 0 Å². The first-order chi connectivity index (χ1) is 18.2. The van der Waals surface area contributed by atoms with Crippen LogP contribution in [0, 0.1) is 28.6 Å². The Morgan fingerprint density at radius 3 is 2.16 bits per heavy atom. The van der Waals surface area contributed by atoms with Crippen molar-refractivity contribution < 1.29 is 14.4 Å². The Balaban J connectivity index is 1.77. The normalized spacial score (nSPS) is 15.0. The van der Waals surface area contributed by atoms with Crippen LogP contribution < -0.4 is 16.4 Å². The van der Waals surface area contributed by atoms with E-state index in [2.05, 4.69) is 16.7 Å². The third kappa shape index (κ3) is 7.65. The zero-order valence-electron chi connectivity index (χ0n) is 22.0. The molecule has 1 fully saturated rings. The van der Waals surface area contributed by atoms with Gasteiger partial charge in [-0.3, -0.25) is 19.8 Å². The van der Waals surface area contributed by atoms with Gasteiger partial charge in [0.1, 0.15) is 17.8 Å². The lowest BCUT2D eigenvalue weighted by Gasteiger charge is -2.31. The average molecular weight is 517 g/mol. The van der Waals surface area contributed by atoms with Crippen LogP contribution in [0.4, 0.5) is 0 Å². The second-order valence-electron chi connectivity index (χ2n) is 10.0. The fraction of sp³-hybridized carbons (Fsp3) is 0.414. The zero-order valence-corrected chi connectivity index (χ0v) is 22.0. The summed E-state index contributed by atoms with van der Waals surface area (Å²) >= 11 is 0. The van der Waals surface area contributed by atoms with Gasteiger partial charge < -0.3 is 21.3 Å². The molecule has 0 aliphatic heterocycles. The number of hydrogen-bond acceptors (Lipinski definition) is 5. The summed E-state index contributed by atoms with van der Waals surface area (Å²) in [5, 5.41) is 22.4. The number of carbonyl (C=O) groups is 3. The monoisotopic (exact) mass is 516 g/mol. The van der Waals surface area contributed by atoms with E-state index in [1.165, 1.54) is 4.90 Å². The first kappa shape index (κ1) is 28.4. The molecule has 2 aromatic rings. The lowest BCUT2D eigenvalue weighted by molar-refractivity contribution is -0.142. The molecular weight excluding hydrogens is 480 g/mol. The van der Waals surface area contributed by atoms with Gasteiger partial charge in [-0.15, -0.1) is 0 Å². The van der Waals surface area contributed by atoms with E-state index in [0.717, 1.165) is 43.2 Å². The molecule has 9 nitrogen and oxygen atoms in total. The van der Waals surface area contributed by atoms with Gasteiger partial charge in [-0.2, -0.15) is 5.26 Å². The van der Waals surface area contributed by atoms with Crippen LogP contribution in [0.25, 0.3) is 0 Å². The number of carbonyl (C=O) groups excluding carboxylic acids is 3. The highest BCUT2D eigenvalue weighted by Crippen LogP contribution is 2.27. The van der Waals surface area contributed by atoms with E-state index in [9.17, 15) is 14.4 Å². The Morgan fingerprint density at radius 1 is 1.00 bits per heavy atom. The predicted octanol–water partition coefficient (Wildman–Crippen LogP) is 2.47.